The topological polar surface area (TPSA) is 101 Å². The molecule has 108 valence electrons. The van der Waals surface area contributed by atoms with E-state index in [4.69, 9.17) is 10.9 Å². The molecular weight excluding hydrogens is 336 g/mol. The molecule has 1 aromatic carbocycles. The molecule has 21 heavy (non-hydrogen) atoms. The van der Waals surface area contributed by atoms with E-state index < -0.39 is 0 Å². The fraction of sp³-hybridized carbons (Fsp3) is 0.0714. The first-order valence-electron chi connectivity index (χ1n) is 6.01. The number of nitrogens with zero attached hydrogens (tertiary/aromatic N) is 2. The summed E-state index contributed by atoms with van der Waals surface area (Å²) in [5.74, 6) is -0.307. The zero-order valence-electron chi connectivity index (χ0n) is 11.2. The number of hydrogen-bond donors (Lipinski definition) is 3. The number of nitrogens with two attached hydrogens (primary N) is 1. The standard InChI is InChI=1S/C14H13BrN4O2/c1-8-2-3-9(13(16)19-21)5-12(8)18-14(20)10-4-11(15)7-17-6-10/h2-7,21H,1H3,(H2,16,19)(H,18,20). The van der Waals surface area contributed by atoms with E-state index in [0.717, 1.165) is 10.0 Å². The summed E-state index contributed by atoms with van der Waals surface area (Å²) in [6.45, 7) is 1.85. The number of carbonyl (C=O) groups excluding carboxylic acids is 1. The first-order chi connectivity index (χ1) is 10.0. The fourth-order valence-electron chi connectivity index (χ4n) is 1.70. The minimum atomic E-state index is -0.288. The Morgan fingerprint density at radius 2 is 2.10 bits per heavy atom. The zero-order chi connectivity index (χ0) is 15.4. The van der Waals surface area contributed by atoms with E-state index >= 15 is 0 Å². The second-order valence-electron chi connectivity index (χ2n) is 4.36. The van der Waals surface area contributed by atoms with E-state index in [-0.39, 0.29) is 11.7 Å². The molecule has 0 bridgehead atoms. The van der Waals surface area contributed by atoms with E-state index in [1.54, 1.807) is 30.5 Å². The number of hydrogen-bond acceptors (Lipinski definition) is 4. The van der Waals surface area contributed by atoms with Crippen LogP contribution in [0.5, 0.6) is 0 Å². The largest absolute Gasteiger partial charge is 0.409 e. The molecule has 0 saturated heterocycles. The number of amides is 1. The molecule has 0 aliphatic rings. The maximum Gasteiger partial charge on any atom is 0.257 e. The molecule has 0 atom stereocenters. The van der Waals surface area contributed by atoms with Crippen molar-refractivity contribution in [3.05, 3.63) is 57.8 Å². The summed E-state index contributed by atoms with van der Waals surface area (Å²) in [4.78, 5) is 16.1. The Kier molecular flexibility index (Phi) is 4.54. The van der Waals surface area contributed by atoms with Crippen LogP contribution in [-0.2, 0) is 0 Å². The lowest BCUT2D eigenvalue weighted by Gasteiger charge is -2.10. The van der Waals surface area contributed by atoms with Crippen LogP contribution in [0.15, 0.2) is 46.3 Å². The average Bonchev–Trinajstić information content (AvgIpc) is 2.48. The molecular formula is C14H13BrN4O2. The number of nitrogens with one attached hydrogen (secondary N) is 1. The zero-order valence-corrected chi connectivity index (χ0v) is 12.8. The van der Waals surface area contributed by atoms with Gasteiger partial charge in [0.2, 0.25) is 0 Å². The fourth-order valence-corrected chi connectivity index (χ4v) is 2.07. The monoisotopic (exact) mass is 348 g/mol. The average molecular weight is 349 g/mol. The Morgan fingerprint density at radius 3 is 2.76 bits per heavy atom. The Morgan fingerprint density at radius 1 is 1.33 bits per heavy atom. The molecule has 0 fully saturated rings. The number of benzene rings is 1. The van der Waals surface area contributed by atoms with Crippen molar-refractivity contribution >= 4 is 33.4 Å². The Hall–Kier alpha value is -2.41. The van der Waals surface area contributed by atoms with Gasteiger partial charge in [0.15, 0.2) is 5.84 Å². The summed E-state index contributed by atoms with van der Waals surface area (Å²) in [7, 11) is 0. The van der Waals surface area contributed by atoms with Crippen molar-refractivity contribution in [3.8, 4) is 0 Å². The van der Waals surface area contributed by atoms with E-state index in [0.29, 0.717) is 16.8 Å². The van der Waals surface area contributed by atoms with Gasteiger partial charge in [-0.15, -0.1) is 0 Å². The van der Waals surface area contributed by atoms with Gasteiger partial charge >= 0.3 is 0 Å². The Balaban J connectivity index is 2.29. The van der Waals surface area contributed by atoms with Gasteiger partial charge in [-0.1, -0.05) is 17.3 Å². The minimum absolute atomic E-state index is 0.0189. The van der Waals surface area contributed by atoms with Crippen LogP contribution in [0, 0.1) is 6.92 Å². The molecule has 2 rings (SSSR count). The van der Waals surface area contributed by atoms with Crippen molar-refractivity contribution in [3.63, 3.8) is 0 Å². The number of aryl methyl sites for hydroxylation is 1. The van der Waals surface area contributed by atoms with Crippen molar-refractivity contribution in [2.24, 2.45) is 10.9 Å². The molecule has 1 amide bonds. The third-order valence-electron chi connectivity index (χ3n) is 2.86. The number of aromatic nitrogens is 1. The highest BCUT2D eigenvalue weighted by Gasteiger charge is 2.10. The molecule has 0 aliphatic heterocycles. The Bertz CT molecular complexity index is 716. The highest BCUT2D eigenvalue weighted by Crippen LogP contribution is 2.18. The molecule has 0 unspecified atom stereocenters. The summed E-state index contributed by atoms with van der Waals surface area (Å²) >= 11 is 3.27. The van der Waals surface area contributed by atoms with Crippen molar-refractivity contribution in [1.29, 1.82) is 0 Å². The summed E-state index contributed by atoms with van der Waals surface area (Å²) in [5.41, 5.74) is 7.94. The van der Waals surface area contributed by atoms with Crippen LogP contribution in [-0.4, -0.2) is 21.9 Å². The quantitative estimate of drug-likeness (QED) is 0.343. The predicted molar refractivity (Wildman–Crippen MR) is 83.6 cm³/mol. The van der Waals surface area contributed by atoms with Crippen molar-refractivity contribution in [1.82, 2.24) is 4.98 Å². The smallest absolute Gasteiger partial charge is 0.257 e. The van der Waals surface area contributed by atoms with Crippen LogP contribution in [0.3, 0.4) is 0 Å². The molecule has 1 heterocycles. The van der Waals surface area contributed by atoms with Gasteiger partial charge in [-0.3, -0.25) is 9.78 Å². The molecule has 2 aromatic rings. The molecule has 6 nitrogen and oxygen atoms in total. The van der Waals surface area contributed by atoms with E-state index in [1.165, 1.54) is 6.20 Å². The minimum Gasteiger partial charge on any atom is -0.409 e. The van der Waals surface area contributed by atoms with Gasteiger partial charge in [-0.2, -0.15) is 0 Å². The lowest BCUT2D eigenvalue weighted by molar-refractivity contribution is 0.102. The summed E-state index contributed by atoms with van der Waals surface area (Å²) in [6.07, 6.45) is 3.07. The van der Waals surface area contributed by atoms with Gasteiger partial charge in [0.05, 0.1) is 5.56 Å². The van der Waals surface area contributed by atoms with Gasteiger partial charge in [0.25, 0.3) is 5.91 Å². The van der Waals surface area contributed by atoms with Crippen LogP contribution >= 0.6 is 15.9 Å². The lowest BCUT2D eigenvalue weighted by atomic mass is 10.1. The number of pyridine rings is 1. The van der Waals surface area contributed by atoms with Crippen LogP contribution in [0.1, 0.15) is 21.5 Å². The molecule has 7 heteroatoms. The number of amidine groups is 1. The molecule has 1 aromatic heterocycles. The van der Waals surface area contributed by atoms with Crippen LogP contribution in [0.2, 0.25) is 0 Å². The number of rotatable bonds is 3. The Labute approximate surface area is 129 Å². The van der Waals surface area contributed by atoms with Gasteiger partial charge in [0.1, 0.15) is 0 Å². The summed E-state index contributed by atoms with van der Waals surface area (Å²) < 4.78 is 0.720. The molecule has 0 aliphatic carbocycles. The van der Waals surface area contributed by atoms with Crippen LogP contribution < -0.4 is 11.1 Å². The van der Waals surface area contributed by atoms with Gasteiger partial charge < -0.3 is 16.3 Å². The van der Waals surface area contributed by atoms with E-state index in [2.05, 4.69) is 31.4 Å². The van der Waals surface area contributed by atoms with Crippen molar-refractivity contribution in [2.45, 2.75) is 6.92 Å². The third kappa shape index (κ3) is 3.57. The highest BCUT2D eigenvalue weighted by molar-refractivity contribution is 9.10. The van der Waals surface area contributed by atoms with Crippen molar-refractivity contribution < 1.29 is 10.0 Å². The normalized spacial score (nSPS) is 11.2. The second kappa shape index (κ2) is 6.36. The number of anilines is 1. The number of carbonyl (C=O) groups is 1. The first kappa shape index (κ1) is 15.0. The molecule has 4 N–H and O–H groups in total. The molecule has 0 spiro atoms. The van der Waals surface area contributed by atoms with E-state index in [1.807, 2.05) is 6.92 Å². The van der Waals surface area contributed by atoms with Gasteiger partial charge in [-0.05, 0) is 40.5 Å². The second-order valence-corrected chi connectivity index (χ2v) is 5.28. The summed E-state index contributed by atoms with van der Waals surface area (Å²) in [5, 5.41) is 14.4. The predicted octanol–water partition coefficient (Wildman–Crippen LogP) is 2.50. The van der Waals surface area contributed by atoms with E-state index in [9.17, 15) is 4.79 Å². The van der Waals surface area contributed by atoms with Crippen LogP contribution in [0.4, 0.5) is 5.69 Å². The lowest BCUT2D eigenvalue weighted by Crippen LogP contribution is -2.16. The maximum absolute atomic E-state index is 12.2. The van der Waals surface area contributed by atoms with Gasteiger partial charge in [-0.25, -0.2) is 0 Å². The molecule has 0 radical (unpaired) electrons. The highest BCUT2D eigenvalue weighted by atomic mass is 79.9. The first-order valence-corrected chi connectivity index (χ1v) is 6.81. The maximum atomic E-state index is 12.2. The van der Waals surface area contributed by atoms with Crippen molar-refractivity contribution in [2.75, 3.05) is 5.32 Å². The number of halogens is 1. The van der Waals surface area contributed by atoms with Gasteiger partial charge in [0, 0.05) is 28.1 Å². The number of oxime groups is 1. The summed E-state index contributed by atoms with van der Waals surface area (Å²) in [6, 6.07) is 6.81. The SMILES string of the molecule is Cc1ccc(C(N)=NO)cc1NC(=O)c1cncc(Br)c1. The third-order valence-corrected chi connectivity index (χ3v) is 3.29. The van der Waals surface area contributed by atoms with Crippen LogP contribution in [0.25, 0.3) is 0 Å². The molecule has 0 saturated carbocycles.